The van der Waals surface area contributed by atoms with Gasteiger partial charge in [0.1, 0.15) is 0 Å². The van der Waals surface area contributed by atoms with Crippen LogP contribution in [0, 0.1) is 0 Å². The van der Waals surface area contributed by atoms with Crippen LogP contribution in [0.5, 0.6) is 0 Å². The van der Waals surface area contributed by atoms with Crippen LogP contribution in [0.3, 0.4) is 0 Å². The number of anilines is 1. The molecule has 1 fully saturated rings. The molecule has 17 heavy (non-hydrogen) atoms. The molecular formula is C14H18N2S. The van der Waals surface area contributed by atoms with Gasteiger partial charge < -0.3 is 10.2 Å². The number of rotatable bonds is 0. The summed E-state index contributed by atoms with van der Waals surface area (Å²) in [5, 5.41) is 3.57. The summed E-state index contributed by atoms with van der Waals surface area (Å²) in [5.74, 6) is 3.22. The van der Waals surface area contributed by atoms with Crippen molar-refractivity contribution in [3.8, 4) is 0 Å². The summed E-state index contributed by atoms with van der Waals surface area (Å²) in [7, 11) is 0. The minimum atomic E-state index is 0.738. The van der Waals surface area contributed by atoms with Crippen molar-refractivity contribution in [2.24, 2.45) is 0 Å². The lowest BCUT2D eigenvalue weighted by molar-refractivity contribution is 0.406. The maximum Gasteiger partial charge on any atom is 0.0446 e. The average molecular weight is 246 g/mol. The van der Waals surface area contributed by atoms with Crippen LogP contribution in [0.2, 0.25) is 0 Å². The average Bonchev–Trinajstić information content (AvgIpc) is 2.56. The largest absolute Gasteiger partial charge is 0.367 e. The Balaban J connectivity index is 1.87. The van der Waals surface area contributed by atoms with E-state index in [-0.39, 0.29) is 0 Å². The second-order valence-corrected chi connectivity index (χ2v) is 6.37. The normalized spacial score (nSPS) is 30.7. The standard InChI is InChI=1S/C14H18N2S/c1-2-10-9-17-7-6-16-13-4-5-15-8-12(13)11(3-1)14(10)16/h1-3,12-13,15H,4-9H2/t12?,13-/m1/s1. The van der Waals surface area contributed by atoms with E-state index < -0.39 is 0 Å². The first-order valence-corrected chi connectivity index (χ1v) is 7.77. The van der Waals surface area contributed by atoms with Crippen LogP contribution < -0.4 is 10.2 Å². The van der Waals surface area contributed by atoms with Crippen LogP contribution in [-0.2, 0) is 5.75 Å². The first-order valence-electron chi connectivity index (χ1n) is 6.62. The number of thioether (sulfide) groups is 1. The molecule has 0 radical (unpaired) electrons. The SMILES string of the molecule is c1cc2c3c(c1)C1CNCC[C@H]1N3CCSC2. The zero-order valence-electron chi connectivity index (χ0n) is 9.98. The summed E-state index contributed by atoms with van der Waals surface area (Å²) >= 11 is 2.09. The van der Waals surface area contributed by atoms with Crippen molar-refractivity contribution in [2.45, 2.75) is 24.1 Å². The fourth-order valence-electron chi connectivity index (χ4n) is 3.70. The van der Waals surface area contributed by atoms with E-state index in [4.69, 9.17) is 0 Å². The molecule has 0 aliphatic carbocycles. The molecule has 3 heteroatoms. The topological polar surface area (TPSA) is 15.3 Å². The highest BCUT2D eigenvalue weighted by molar-refractivity contribution is 7.98. The summed E-state index contributed by atoms with van der Waals surface area (Å²) in [6, 6.07) is 7.72. The number of hydrogen-bond acceptors (Lipinski definition) is 3. The molecule has 1 unspecified atom stereocenters. The predicted molar refractivity (Wildman–Crippen MR) is 74.0 cm³/mol. The first kappa shape index (κ1) is 10.3. The highest BCUT2D eigenvalue weighted by Crippen LogP contribution is 2.46. The van der Waals surface area contributed by atoms with Crippen molar-refractivity contribution >= 4 is 17.4 Å². The number of hydrogen-bond donors (Lipinski definition) is 1. The molecule has 3 heterocycles. The van der Waals surface area contributed by atoms with Gasteiger partial charge in [-0.2, -0.15) is 11.8 Å². The van der Waals surface area contributed by atoms with Gasteiger partial charge in [0.2, 0.25) is 0 Å². The Labute approximate surface area is 107 Å². The number of fused-ring (bicyclic) bond motifs is 3. The molecule has 1 aromatic rings. The van der Waals surface area contributed by atoms with Gasteiger partial charge in [-0.3, -0.25) is 0 Å². The van der Waals surface area contributed by atoms with Crippen LogP contribution in [0.1, 0.15) is 23.5 Å². The number of piperidine rings is 1. The summed E-state index contributed by atoms with van der Waals surface area (Å²) in [5.41, 5.74) is 4.78. The minimum absolute atomic E-state index is 0.738. The molecule has 2 nitrogen and oxygen atoms in total. The van der Waals surface area contributed by atoms with E-state index in [0.29, 0.717) is 0 Å². The Hall–Kier alpha value is -0.670. The van der Waals surface area contributed by atoms with E-state index in [9.17, 15) is 0 Å². The van der Waals surface area contributed by atoms with Gasteiger partial charge in [-0.25, -0.2) is 0 Å². The van der Waals surface area contributed by atoms with Crippen LogP contribution in [0.4, 0.5) is 5.69 Å². The zero-order valence-corrected chi connectivity index (χ0v) is 10.8. The maximum absolute atomic E-state index is 3.57. The van der Waals surface area contributed by atoms with Crippen LogP contribution in [0.25, 0.3) is 0 Å². The third kappa shape index (κ3) is 1.45. The van der Waals surface area contributed by atoms with Gasteiger partial charge >= 0.3 is 0 Å². The predicted octanol–water partition coefficient (Wildman–Crippen LogP) is 2.20. The Morgan fingerprint density at radius 2 is 2.35 bits per heavy atom. The Kier molecular flexibility index (Phi) is 2.37. The van der Waals surface area contributed by atoms with E-state index in [2.05, 4.69) is 40.2 Å². The molecule has 1 N–H and O–H groups in total. The Bertz CT molecular complexity index is 446. The fourth-order valence-corrected chi connectivity index (χ4v) is 4.62. The van der Waals surface area contributed by atoms with Crippen LogP contribution >= 0.6 is 11.8 Å². The van der Waals surface area contributed by atoms with E-state index >= 15 is 0 Å². The van der Waals surface area contributed by atoms with Gasteiger partial charge in [0.15, 0.2) is 0 Å². The molecule has 3 aliphatic heterocycles. The van der Waals surface area contributed by atoms with Gasteiger partial charge in [-0.05, 0) is 24.1 Å². The molecule has 2 atom stereocenters. The molecule has 0 aromatic heterocycles. The van der Waals surface area contributed by atoms with Crippen LogP contribution in [0.15, 0.2) is 18.2 Å². The molecule has 0 spiro atoms. The van der Waals surface area contributed by atoms with Crippen molar-refractivity contribution in [3.05, 3.63) is 29.3 Å². The van der Waals surface area contributed by atoms with E-state index in [0.717, 1.165) is 12.0 Å². The van der Waals surface area contributed by atoms with Gasteiger partial charge in [0.25, 0.3) is 0 Å². The Morgan fingerprint density at radius 3 is 3.35 bits per heavy atom. The third-order valence-electron chi connectivity index (χ3n) is 4.42. The lowest BCUT2D eigenvalue weighted by Gasteiger charge is -2.33. The van der Waals surface area contributed by atoms with Crippen molar-refractivity contribution in [3.63, 3.8) is 0 Å². The van der Waals surface area contributed by atoms with Crippen molar-refractivity contribution in [1.82, 2.24) is 5.32 Å². The quantitative estimate of drug-likeness (QED) is 0.755. The van der Waals surface area contributed by atoms with E-state index in [1.807, 2.05) is 0 Å². The van der Waals surface area contributed by atoms with Crippen molar-refractivity contribution in [1.29, 1.82) is 0 Å². The molecule has 90 valence electrons. The molecule has 0 amide bonds. The summed E-state index contributed by atoms with van der Waals surface area (Å²) < 4.78 is 0. The van der Waals surface area contributed by atoms with Gasteiger partial charge in [-0.1, -0.05) is 18.2 Å². The first-order chi connectivity index (χ1) is 8.45. The summed E-state index contributed by atoms with van der Waals surface area (Å²) in [6.07, 6.45) is 1.31. The second kappa shape index (κ2) is 3.92. The fraction of sp³-hybridized carbons (Fsp3) is 0.571. The Morgan fingerprint density at radius 1 is 1.35 bits per heavy atom. The van der Waals surface area contributed by atoms with Gasteiger partial charge in [0, 0.05) is 42.2 Å². The zero-order chi connectivity index (χ0) is 11.2. The van der Waals surface area contributed by atoms with Gasteiger partial charge in [-0.15, -0.1) is 0 Å². The maximum atomic E-state index is 3.57. The van der Waals surface area contributed by atoms with Crippen molar-refractivity contribution in [2.75, 3.05) is 30.3 Å². The highest BCUT2D eigenvalue weighted by Gasteiger charge is 2.41. The third-order valence-corrected chi connectivity index (χ3v) is 5.40. The highest BCUT2D eigenvalue weighted by atomic mass is 32.2. The lowest BCUT2D eigenvalue weighted by atomic mass is 9.90. The van der Waals surface area contributed by atoms with Gasteiger partial charge in [0.05, 0.1) is 0 Å². The molecule has 0 bridgehead atoms. The lowest BCUT2D eigenvalue weighted by Crippen LogP contribution is -2.44. The van der Waals surface area contributed by atoms with Crippen molar-refractivity contribution < 1.29 is 0 Å². The molecule has 1 aromatic carbocycles. The van der Waals surface area contributed by atoms with E-state index in [1.54, 1.807) is 16.8 Å². The molecule has 4 rings (SSSR count). The smallest absolute Gasteiger partial charge is 0.0446 e. The molecule has 1 saturated heterocycles. The van der Waals surface area contributed by atoms with Crippen LogP contribution in [-0.4, -0.2) is 31.4 Å². The number of benzene rings is 1. The number of nitrogens with one attached hydrogen (secondary N) is 1. The second-order valence-electron chi connectivity index (χ2n) is 5.27. The monoisotopic (exact) mass is 246 g/mol. The summed E-state index contributed by atoms with van der Waals surface area (Å²) in [4.78, 5) is 2.72. The summed E-state index contributed by atoms with van der Waals surface area (Å²) in [6.45, 7) is 3.61. The number of nitrogens with zero attached hydrogens (tertiary/aromatic N) is 1. The molecule has 3 aliphatic rings. The molecule has 0 saturated carbocycles. The molecular weight excluding hydrogens is 228 g/mol. The van der Waals surface area contributed by atoms with E-state index in [1.165, 1.54) is 37.6 Å². The number of para-hydroxylation sites is 1. The minimum Gasteiger partial charge on any atom is -0.367 e.